The van der Waals surface area contributed by atoms with Crippen molar-refractivity contribution >= 4 is 23.3 Å². The Morgan fingerprint density at radius 1 is 1.21 bits per heavy atom. The molecule has 3 rings (SSSR count). The maximum absolute atomic E-state index is 13.5. The van der Waals surface area contributed by atoms with E-state index in [4.69, 9.17) is 5.26 Å². The van der Waals surface area contributed by atoms with Crippen molar-refractivity contribution in [3.63, 3.8) is 0 Å². The summed E-state index contributed by atoms with van der Waals surface area (Å²) < 4.78 is 59.2. The number of alkyl halides is 3. The Bertz CT molecular complexity index is 1210. The molecule has 0 atom stereocenters. The predicted molar refractivity (Wildman–Crippen MR) is 106 cm³/mol. The average molecular weight is 466 g/mol. The van der Waals surface area contributed by atoms with E-state index in [9.17, 15) is 31.9 Å². The number of nitrogens with zero attached hydrogens (tertiary/aromatic N) is 2. The second-order valence-corrected chi connectivity index (χ2v) is 7.61. The number of ketones is 1. The van der Waals surface area contributed by atoms with E-state index in [1.807, 2.05) is 0 Å². The quantitative estimate of drug-likeness (QED) is 0.400. The van der Waals surface area contributed by atoms with Gasteiger partial charge in [-0.3, -0.25) is 14.4 Å². The third kappa shape index (κ3) is 4.07. The Kier molecular flexibility index (Phi) is 6.04. The molecule has 1 aromatic heterocycles. The third-order valence-corrected chi connectivity index (χ3v) is 5.52. The molecule has 2 N–H and O–H groups in total. The second-order valence-electron chi connectivity index (χ2n) is 7.61. The van der Waals surface area contributed by atoms with Crippen LogP contribution in [-0.4, -0.2) is 47.1 Å². The van der Waals surface area contributed by atoms with Crippen molar-refractivity contribution in [2.75, 3.05) is 18.5 Å². The van der Waals surface area contributed by atoms with Crippen LogP contribution in [0.4, 0.5) is 23.2 Å². The Hall–Kier alpha value is -3.72. The number of halogens is 4. The van der Waals surface area contributed by atoms with Gasteiger partial charge in [0.2, 0.25) is 0 Å². The summed E-state index contributed by atoms with van der Waals surface area (Å²) in [4.78, 5) is 38.0. The lowest BCUT2D eigenvalue weighted by atomic mass is 9.96. The molecular formula is C21H18F4N4O4. The lowest BCUT2D eigenvalue weighted by molar-refractivity contribution is -0.265. The molecule has 0 saturated carbocycles. The van der Waals surface area contributed by atoms with Crippen molar-refractivity contribution < 1.29 is 36.7 Å². The number of benzene rings is 1. The van der Waals surface area contributed by atoms with E-state index in [1.165, 1.54) is 31.5 Å². The number of carbonyl (C=O) groups is 3. The monoisotopic (exact) mass is 466 g/mol. The number of Topliss-reactive ketones (excluding diaryl/α,β-unsaturated/α-hetero) is 1. The van der Waals surface area contributed by atoms with Gasteiger partial charge in [0.05, 0.1) is 30.0 Å². The molecule has 0 spiro atoms. The highest BCUT2D eigenvalue weighted by atomic mass is 19.4. The van der Waals surface area contributed by atoms with Crippen LogP contribution in [0.2, 0.25) is 0 Å². The number of hydrogen-bond acceptors (Lipinski definition) is 5. The number of carbonyl (C=O) groups excluding carboxylic acids is 3. The topological polar surface area (TPSA) is 113 Å². The van der Waals surface area contributed by atoms with Gasteiger partial charge in [-0.25, -0.2) is 4.39 Å². The van der Waals surface area contributed by atoms with Crippen molar-refractivity contribution in [1.82, 2.24) is 9.88 Å². The summed E-state index contributed by atoms with van der Waals surface area (Å²) >= 11 is 0. The number of nitriles is 1. The van der Waals surface area contributed by atoms with Crippen LogP contribution in [0.15, 0.2) is 18.2 Å². The molecule has 0 radical (unpaired) electrons. The molecule has 8 nitrogen and oxygen atoms in total. The molecule has 0 aliphatic carbocycles. The minimum absolute atomic E-state index is 0.00833. The van der Waals surface area contributed by atoms with Gasteiger partial charge in [-0.05, 0) is 37.6 Å². The fourth-order valence-electron chi connectivity index (χ4n) is 3.51. The molecule has 1 fully saturated rings. The first-order valence-corrected chi connectivity index (χ1v) is 9.51. The lowest BCUT2D eigenvalue weighted by Crippen LogP contribution is -2.71. The van der Waals surface area contributed by atoms with Gasteiger partial charge in [-0.2, -0.15) is 18.4 Å². The van der Waals surface area contributed by atoms with Crippen LogP contribution in [0.25, 0.3) is 0 Å². The van der Waals surface area contributed by atoms with Crippen LogP contribution < -0.4 is 10.6 Å². The van der Waals surface area contributed by atoms with Gasteiger partial charge in [0.25, 0.3) is 17.6 Å². The van der Waals surface area contributed by atoms with E-state index in [0.717, 1.165) is 12.1 Å². The number of amides is 2. The second kappa shape index (κ2) is 8.32. The smallest absolute Gasteiger partial charge is 0.376 e. The van der Waals surface area contributed by atoms with E-state index < -0.39 is 48.3 Å². The Labute approximate surface area is 185 Å². The molecule has 33 heavy (non-hydrogen) atoms. The minimum atomic E-state index is -4.82. The highest BCUT2D eigenvalue weighted by molar-refractivity contribution is 6.43. The molecule has 0 unspecified atom stereocenters. The summed E-state index contributed by atoms with van der Waals surface area (Å²) in [7, 11) is 1.39. The fraction of sp³-hybridized carbons (Fsp3) is 0.333. The number of nitrogens with one attached hydrogen (secondary N) is 2. The van der Waals surface area contributed by atoms with Crippen molar-refractivity contribution in [1.29, 1.82) is 5.26 Å². The fourth-order valence-corrected chi connectivity index (χ4v) is 3.51. The zero-order valence-electron chi connectivity index (χ0n) is 17.7. The highest BCUT2D eigenvalue weighted by Crippen LogP contribution is 2.36. The number of rotatable bonds is 5. The SMILES string of the molecule is Cc1c(C(=O)Nc2ccc(F)c(C#N)c2)c(C)n(C)c1C(=O)C(=O)NC1(C(F)(F)F)COC1. The lowest BCUT2D eigenvalue weighted by Gasteiger charge is -2.42. The van der Waals surface area contributed by atoms with Crippen LogP contribution >= 0.6 is 0 Å². The van der Waals surface area contributed by atoms with Gasteiger partial charge in [0.1, 0.15) is 11.9 Å². The van der Waals surface area contributed by atoms with E-state index in [2.05, 4.69) is 10.1 Å². The Balaban J connectivity index is 1.89. The standard InChI is InChI=1S/C21H18F4N4O4/c1-10-15(18(31)27-13-4-5-14(22)12(6-13)7-26)11(2)29(3)16(10)17(30)19(32)28-20(8-33-9-20)21(23,24)25/h4-6H,8-9H2,1-3H3,(H,27,31)(H,28,32). The van der Waals surface area contributed by atoms with Crippen LogP contribution in [-0.2, 0) is 16.6 Å². The van der Waals surface area contributed by atoms with Gasteiger partial charge in [-0.1, -0.05) is 0 Å². The molecule has 12 heteroatoms. The van der Waals surface area contributed by atoms with E-state index in [-0.39, 0.29) is 33.8 Å². The Morgan fingerprint density at radius 3 is 2.36 bits per heavy atom. The van der Waals surface area contributed by atoms with Crippen LogP contribution in [0.5, 0.6) is 0 Å². The van der Waals surface area contributed by atoms with E-state index in [1.54, 1.807) is 11.4 Å². The van der Waals surface area contributed by atoms with Gasteiger partial charge in [0.15, 0.2) is 5.54 Å². The van der Waals surface area contributed by atoms with Crippen LogP contribution in [0, 0.1) is 31.0 Å². The van der Waals surface area contributed by atoms with Crippen LogP contribution in [0.1, 0.15) is 37.7 Å². The zero-order valence-corrected chi connectivity index (χ0v) is 17.7. The van der Waals surface area contributed by atoms with Crippen molar-refractivity contribution in [2.24, 2.45) is 7.05 Å². The largest absolute Gasteiger partial charge is 0.416 e. The molecule has 1 aromatic carbocycles. The van der Waals surface area contributed by atoms with Gasteiger partial charge >= 0.3 is 6.18 Å². The highest BCUT2D eigenvalue weighted by Gasteiger charge is 2.61. The number of aromatic nitrogens is 1. The summed E-state index contributed by atoms with van der Waals surface area (Å²) in [6, 6.07) is 5.00. The molecule has 2 aromatic rings. The molecule has 2 amide bonds. The molecule has 174 valence electrons. The third-order valence-electron chi connectivity index (χ3n) is 5.52. The summed E-state index contributed by atoms with van der Waals surface area (Å²) in [6.45, 7) is 1.24. The van der Waals surface area contributed by atoms with E-state index in [0.29, 0.717) is 0 Å². The first kappa shape index (κ1) is 23.9. The van der Waals surface area contributed by atoms with Crippen molar-refractivity contribution in [3.05, 3.63) is 52.1 Å². The summed E-state index contributed by atoms with van der Waals surface area (Å²) in [5.41, 5.74) is -2.74. The van der Waals surface area contributed by atoms with Crippen molar-refractivity contribution in [3.8, 4) is 6.07 Å². The molecule has 1 aliphatic rings. The van der Waals surface area contributed by atoms with Gasteiger partial charge < -0.3 is 19.9 Å². The maximum Gasteiger partial charge on any atom is 0.416 e. The van der Waals surface area contributed by atoms with E-state index >= 15 is 0 Å². The van der Waals surface area contributed by atoms with Crippen molar-refractivity contribution in [2.45, 2.75) is 25.6 Å². The molecule has 1 aliphatic heterocycles. The minimum Gasteiger partial charge on any atom is -0.376 e. The number of ether oxygens (including phenoxy) is 1. The van der Waals surface area contributed by atoms with Gasteiger partial charge in [-0.15, -0.1) is 0 Å². The number of anilines is 1. The Morgan fingerprint density at radius 2 is 1.85 bits per heavy atom. The summed E-state index contributed by atoms with van der Waals surface area (Å²) in [6.07, 6.45) is -4.82. The first-order valence-electron chi connectivity index (χ1n) is 9.51. The summed E-state index contributed by atoms with van der Waals surface area (Å²) in [5, 5.41) is 13.1. The molecular weight excluding hydrogens is 448 g/mol. The van der Waals surface area contributed by atoms with Gasteiger partial charge in [0, 0.05) is 18.4 Å². The first-order chi connectivity index (χ1) is 15.3. The number of hydrogen-bond donors (Lipinski definition) is 2. The normalized spacial score (nSPS) is 14.7. The zero-order chi connectivity index (χ0) is 24.7. The average Bonchev–Trinajstić information content (AvgIpc) is 2.92. The molecule has 1 saturated heterocycles. The maximum atomic E-state index is 13.5. The molecule has 2 heterocycles. The summed E-state index contributed by atoms with van der Waals surface area (Å²) in [5.74, 6) is -4.21. The predicted octanol–water partition coefficient (Wildman–Crippen LogP) is 2.54. The molecule has 0 bridgehead atoms. The van der Waals surface area contributed by atoms with Crippen LogP contribution in [0.3, 0.4) is 0 Å².